The van der Waals surface area contributed by atoms with E-state index >= 15 is 0 Å². The first-order valence-electron chi connectivity index (χ1n) is 6.66. The molecule has 0 unspecified atom stereocenters. The van der Waals surface area contributed by atoms with Gasteiger partial charge in [-0.2, -0.15) is 0 Å². The van der Waals surface area contributed by atoms with Gasteiger partial charge >= 0.3 is 0 Å². The largest absolute Gasteiger partial charge is 0.489 e. The molecule has 0 heterocycles. The summed E-state index contributed by atoms with van der Waals surface area (Å²) in [6.45, 7) is 0.490. The molecule has 0 radical (unpaired) electrons. The Hall–Kier alpha value is -2.32. The zero-order valence-electron chi connectivity index (χ0n) is 11.1. The fourth-order valence-electron chi connectivity index (χ4n) is 2.35. The van der Waals surface area contributed by atoms with E-state index in [1.807, 2.05) is 42.5 Å². The van der Waals surface area contributed by atoms with Crippen LogP contribution in [0.4, 0.5) is 0 Å². The molecule has 2 heteroatoms. The number of fused-ring (bicyclic) bond motifs is 1. The number of aliphatic hydroxyl groups is 1. The molecule has 0 amide bonds. The summed E-state index contributed by atoms with van der Waals surface area (Å²) in [5, 5.41) is 11.7. The van der Waals surface area contributed by atoms with E-state index in [4.69, 9.17) is 4.74 Å². The number of rotatable bonds is 4. The Morgan fingerprint density at radius 2 is 1.45 bits per heavy atom. The van der Waals surface area contributed by atoms with Crippen LogP contribution in [-0.4, -0.2) is 5.11 Å². The minimum atomic E-state index is -0.00822. The molecular weight excluding hydrogens is 248 g/mol. The Labute approximate surface area is 118 Å². The first-order chi connectivity index (χ1) is 9.88. The first-order valence-corrected chi connectivity index (χ1v) is 6.66. The lowest BCUT2D eigenvalue weighted by atomic mass is 10.1. The van der Waals surface area contributed by atoms with Crippen molar-refractivity contribution in [2.75, 3.05) is 0 Å². The van der Waals surface area contributed by atoms with Gasteiger partial charge in [0.05, 0.1) is 6.61 Å². The molecule has 3 aromatic rings. The van der Waals surface area contributed by atoms with Crippen LogP contribution in [0, 0.1) is 0 Å². The van der Waals surface area contributed by atoms with Crippen molar-refractivity contribution in [3.05, 3.63) is 77.9 Å². The van der Waals surface area contributed by atoms with E-state index in [2.05, 4.69) is 24.3 Å². The van der Waals surface area contributed by atoms with Gasteiger partial charge < -0.3 is 9.84 Å². The van der Waals surface area contributed by atoms with E-state index < -0.39 is 0 Å². The van der Waals surface area contributed by atoms with Gasteiger partial charge in [-0.15, -0.1) is 0 Å². The van der Waals surface area contributed by atoms with Crippen molar-refractivity contribution in [3.8, 4) is 5.75 Å². The van der Waals surface area contributed by atoms with Gasteiger partial charge in [0.1, 0.15) is 12.4 Å². The third-order valence-corrected chi connectivity index (χ3v) is 3.41. The number of hydrogen-bond acceptors (Lipinski definition) is 2. The molecule has 0 spiro atoms. The highest BCUT2D eigenvalue weighted by Crippen LogP contribution is 2.22. The van der Waals surface area contributed by atoms with Crippen molar-refractivity contribution in [2.24, 2.45) is 0 Å². The topological polar surface area (TPSA) is 29.5 Å². The maximum atomic E-state index is 9.31. The van der Waals surface area contributed by atoms with Crippen LogP contribution in [0.5, 0.6) is 5.75 Å². The van der Waals surface area contributed by atoms with Crippen molar-refractivity contribution in [1.29, 1.82) is 0 Å². The average Bonchev–Trinajstić information content (AvgIpc) is 2.53. The molecular formula is C18H16O2. The predicted octanol–water partition coefficient (Wildman–Crippen LogP) is 3.91. The van der Waals surface area contributed by atoms with Crippen LogP contribution in [0.1, 0.15) is 11.1 Å². The third-order valence-electron chi connectivity index (χ3n) is 3.41. The van der Waals surface area contributed by atoms with E-state index in [1.54, 1.807) is 0 Å². The molecule has 0 aliphatic rings. The van der Waals surface area contributed by atoms with E-state index in [0.717, 1.165) is 16.9 Å². The van der Waals surface area contributed by atoms with Crippen LogP contribution in [0.3, 0.4) is 0 Å². The molecule has 1 N–H and O–H groups in total. The maximum Gasteiger partial charge on any atom is 0.125 e. The van der Waals surface area contributed by atoms with E-state index in [1.165, 1.54) is 10.8 Å². The van der Waals surface area contributed by atoms with E-state index in [-0.39, 0.29) is 6.61 Å². The number of ether oxygens (including phenoxy) is 1. The second kappa shape index (κ2) is 5.76. The van der Waals surface area contributed by atoms with Gasteiger partial charge in [-0.05, 0) is 22.4 Å². The lowest BCUT2D eigenvalue weighted by molar-refractivity contribution is 0.259. The molecule has 3 aromatic carbocycles. The van der Waals surface area contributed by atoms with Crippen molar-refractivity contribution in [1.82, 2.24) is 0 Å². The summed E-state index contributed by atoms with van der Waals surface area (Å²) in [4.78, 5) is 0. The SMILES string of the molecule is OCc1ccccc1OCc1cccc2ccccc12. The van der Waals surface area contributed by atoms with Gasteiger partial charge in [0.15, 0.2) is 0 Å². The van der Waals surface area contributed by atoms with E-state index in [9.17, 15) is 5.11 Å². The Morgan fingerprint density at radius 3 is 2.35 bits per heavy atom. The second-order valence-electron chi connectivity index (χ2n) is 4.69. The minimum Gasteiger partial charge on any atom is -0.489 e. The summed E-state index contributed by atoms with van der Waals surface area (Å²) in [6, 6.07) is 22.1. The minimum absolute atomic E-state index is 0.00822. The summed E-state index contributed by atoms with van der Waals surface area (Å²) in [7, 11) is 0. The molecule has 2 nitrogen and oxygen atoms in total. The molecule has 0 bridgehead atoms. The lowest BCUT2D eigenvalue weighted by Gasteiger charge is -2.11. The average molecular weight is 264 g/mol. The summed E-state index contributed by atoms with van der Waals surface area (Å²) >= 11 is 0. The highest BCUT2D eigenvalue weighted by Gasteiger charge is 2.04. The Balaban J connectivity index is 1.87. The molecule has 0 saturated carbocycles. The summed E-state index contributed by atoms with van der Waals surface area (Å²) in [6.07, 6.45) is 0. The Morgan fingerprint density at radius 1 is 0.750 bits per heavy atom. The summed E-state index contributed by atoms with van der Waals surface area (Å²) in [5.41, 5.74) is 1.96. The van der Waals surface area contributed by atoms with Crippen LogP contribution in [0.2, 0.25) is 0 Å². The van der Waals surface area contributed by atoms with Crippen molar-refractivity contribution in [2.45, 2.75) is 13.2 Å². The van der Waals surface area contributed by atoms with Crippen molar-refractivity contribution in [3.63, 3.8) is 0 Å². The molecule has 100 valence electrons. The molecule has 0 saturated heterocycles. The van der Waals surface area contributed by atoms with Gasteiger partial charge in [0.25, 0.3) is 0 Å². The predicted molar refractivity (Wildman–Crippen MR) is 80.6 cm³/mol. The van der Waals surface area contributed by atoms with Gasteiger partial charge in [-0.1, -0.05) is 60.7 Å². The zero-order valence-corrected chi connectivity index (χ0v) is 11.1. The van der Waals surface area contributed by atoms with Crippen LogP contribution in [0.15, 0.2) is 66.7 Å². The molecule has 0 fully saturated rings. The van der Waals surface area contributed by atoms with Crippen molar-refractivity contribution >= 4 is 10.8 Å². The molecule has 0 aromatic heterocycles. The normalized spacial score (nSPS) is 10.7. The second-order valence-corrected chi connectivity index (χ2v) is 4.69. The Kier molecular flexibility index (Phi) is 3.66. The molecule has 0 atom stereocenters. The smallest absolute Gasteiger partial charge is 0.125 e. The van der Waals surface area contributed by atoms with Crippen LogP contribution in [0.25, 0.3) is 10.8 Å². The highest BCUT2D eigenvalue weighted by atomic mass is 16.5. The number of hydrogen-bond donors (Lipinski definition) is 1. The fraction of sp³-hybridized carbons (Fsp3) is 0.111. The quantitative estimate of drug-likeness (QED) is 0.774. The van der Waals surface area contributed by atoms with Gasteiger partial charge in [-0.3, -0.25) is 0 Å². The van der Waals surface area contributed by atoms with Crippen LogP contribution >= 0.6 is 0 Å². The van der Waals surface area contributed by atoms with Gasteiger partial charge in [0, 0.05) is 5.56 Å². The monoisotopic (exact) mass is 264 g/mol. The summed E-state index contributed by atoms with van der Waals surface area (Å²) in [5.74, 6) is 0.739. The third kappa shape index (κ3) is 2.51. The number of para-hydroxylation sites is 1. The standard InChI is InChI=1S/C18H16O2/c19-12-15-7-2-4-11-18(15)20-13-16-9-5-8-14-6-1-3-10-17(14)16/h1-11,19H,12-13H2. The number of aliphatic hydroxyl groups excluding tert-OH is 1. The first kappa shape index (κ1) is 12.7. The molecule has 0 aliphatic heterocycles. The van der Waals surface area contributed by atoms with Gasteiger partial charge in [0.2, 0.25) is 0 Å². The molecule has 0 aliphatic carbocycles. The lowest BCUT2D eigenvalue weighted by Crippen LogP contribution is -1.99. The van der Waals surface area contributed by atoms with Crippen LogP contribution in [-0.2, 0) is 13.2 Å². The fourth-order valence-corrected chi connectivity index (χ4v) is 2.35. The Bertz CT molecular complexity index is 714. The maximum absolute atomic E-state index is 9.31. The zero-order chi connectivity index (χ0) is 13.8. The van der Waals surface area contributed by atoms with Crippen molar-refractivity contribution < 1.29 is 9.84 Å². The molecule has 3 rings (SSSR count). The van der Waals surface area contributed by atoms with Gasteiger partial charge in [-0.25, -0.2) is 0 Å². The number of benzene rings is 3. The highest BCUT2D eigenvalue weighted by molar-refractivity contribution is 5.85. The summed E-state index contributed by atoms with van der Waals surface area (Å²) < 4.78 is 5.86. The molecule has 20 heavy (non-hydrogen) atoms. The van der Waals surface area contributed by atoms with E-state index in [0.29, 0.717) is 6.61 Å². The van der Waals surface area contributed by atoms with Crippen LogP contribution < -0.4 is 4.74 Å².